The molecule has 0 saturated carbocycles. The number of carbonyl (C=O) groups is 1. The summed E-state index contributed by atoms with van der Waals surface area (Å²) in [5.74, 6) is 0. The molecule has 0 unspecified atom stereocenters. The fourth-order valence-electron chi connectivity index (χ4n) is 2.33. The van der Waals surface area contributed by atoms with E-state index < -0.39 is 0 Å². The Morgan fingerprint density at radius 2 is 2.21 bits per heavy atom. The maximum atomic E-state index is 11.1. The van der Waals surface area contributed by atoms with Crippen LogP contribution in [0.3, 0.4) is 0 Å². The molecule has 1 heterocycles. The molecule has 0 bridgehead atoms. The number of rotatable bonds is 0. The van der Waals surface area contributed by atoms with Crippen molar-refractivity contribution in [3.05, 3.63) is 35.4 Å². The van der Waals surface area contributed by atoms with Gasteiger partial charge in [0.25, 0.3) is 0 Å². The van der Waals surface area contributed by atoms with Gasteiger partial charge in [-0.3, -0.25) is 0 Å². The van der Waals surface area contributed by atoms with Crippen molar-refractivity contribution in [1.82, 2.24) is 5.32 Å². The van der Waals surface area contributed by atoms with Crippen molar-refractivity contribution in [3.8, 4) is 0 Å². The van der Waals surface area contributed by atoms with E-state index in [0.29, 0.717) is 0 Å². The van der Waals surface area contributed by atoms with Crippen LogP contribution in [0.25, 0.3) is 0 Å². The average molecular weight is 189 g/mol. The van der Waals surface area contributed by atoms with E-state index in [4.69, 9.17) is 4.74 Å². The lowest BCUT2D eigenvalue weighted by molar-refractivity contribution is 0.123. The first-order valence-corrected chi connectivity index (χ1v) is 4.89. The summed E-state index contributed by atoms with van der Waals surface area (Å²) in [6.07, 6.45) is 1.70. The second kappa shape index (κ2) is 2.74. The first-order valence-electron chi connectivity index (χ1n) is 4.89. The van der Waals surface area contributed by atoms with Crippen molar-refractivity contribution in [2.75, 3.05) is 0 Å². The zero-order valence-corrected chi connectivity index (χ0v) is 7.69. The Morgan fingerprint density at radius 1 is 1.36 bits per heavy atom. The van der Waals surface area contributed by atoms with Crippen LogP contribution in [0.1, 0.15) is 23.6 Å². The van der Waals surface area contributed by atoms with Crippen molar-refractivity contribution >= 4 is 6.09 Å². The van der Waals surface area contributed by atoms with Gasteiger partial charge in [-0.05, 0) is 24.0 Å². The van der Waals surface area contributed by atoms with Crippen molar-refractivity contribution in [1.29, 1.82) is 0 Å². The number of hydrogen-bond donors (Lipinski definition) is 1. The molecule has 2 atom stereocenters. The van der Waals surface area contributed by atoms with Crippen molar-refractivity contribution < 1.29 is 9.53 Å². The molecule has 1 aromatic rings. The Kier molecular flexibility index (Phi) is 1.54. The highest BCUT2D eigenvalue weighted by atomic mass is 16.6. The van der Waals surface area contributed by atoms with Gasteiger partial charge in [0.2, 0.25) is 0 Å². The van der Waals surface area contributed by atoms with E-state index >= 15 is 0 Å². The molecule has 3 rings (SSSR count). The van der Waals surface area contributed by atoms with Crippen LogP contribution in [-0.2, 0) is 11.2 Å². The summed E-state index contributed by atoms with van der Waals surface area (Å²) in [4.78, 5) is 11.1. The zero-order chi connectivity index (χ0) is 9.54. The Bertz CT molecular complexity index is 389. The predicted molar refractivity (Wildman–Crippen MR) is 50.9 cm³/mol. The van der Waals surface area contributed by atoms with Gasteiger partial charge in [-0.25, -0.2) is 4.79 Å². The van der Waals surface area contributed by atoms with Gasteiger partial charge in [0, 0.05) is 0 Å². The molecule has 1 fully saturated rings. The highest BCUT2D eigenvalue weighted by Crippen LogP contribution is 2.34. The maximum absolute atomic E-state index is 11.1. The Balaban J connectivity index is 2.05. The molecule has 0 spiro atoms. The molecular weight excluding hydrogens is 178 g/mol. The van der Waals surface area contributed by atoms with E-state index in [1.807, 2.05) is 12.1 Å². The molecule has 14 heavy (non-hydrogen) atoms. The molecule has 72 valence electrons. The minimum absolute atomic E-state index is 0.0393. The van der Waals surface area contributed by atoms with Crippen LogP contribution in [0.4, 0.5) is 4.79 Å². The Labute approximate surface area is 82.1 Å². The minimum atomic E-state index is -0.281. The predicted octanol–water partition coefficient (Wildman–Crippen LogP) is 1.78. The number of nitrogens with one attached hydrogen (secondary N) is 1. The Hall–Kier alpha value is -1.51. The summed E-state index contributed by atoms with van der Waals surface area (Å²) in [7, 11) is 0. The first kappa shape index (κ1) is 7.85. The van der Waals surface area contributed by atoms with Crippen molar-refractivity contribution in [3.63, 3.8) is 0 Å². The summed E-state index contributed by atoms with van der Waals surface area (Å²) in [5, 5.41) is 2.85. The third-order valence-electron chi connectivity index (χ3n) is 2.99. The number of alkyl carbamates (subject to hydrolysis) is 1. The first-order chi connectivity index (χ1) is 6.84. The topological polar surface area (TPSA) is 38.3 Å². The molecule has 1 aliphatic heterocycles. The molecule has 1 amide bonds. The van der Waals surface area contributed by atoms with Gasteiger partial charge in [0.1, 0.15) is 6.10 Å². The summed E-state index contributed by atoms with van der Waals surface area (Å²) in [6.45, 7) is 0. The molecule has 2 aliphatic rings. The number of amides is 1. The molecule has 1 aromatic carbocycles. The van der Waals surface area contributed by atoms with Crippen LogP contribution in [0, 0.1) is 0 Å². The van der Waals surface area contributed by atoms with Crippen molar-refractivity contribution in [2.24, 2.45) is 0 Å². The van der Waals surface area contributed by atoms with Crippen LogP contribution in [-0.4, -0.2) is 12.2 Å². The van der Waals surface area contributed by atoms with Gasteiger partial charge in [-0.2, -0.15) is 0 Å². The lowest BCUT2D eigenvalue weighted by Crippen LogP contribution is -2.27. The van der Waals surface area contributed by atoms with E-state index in [-0.39, 0.29) is 18.2 Å². The van der Waals surface area contributed by atoms with Crippen LogP contribution in [0.2, 0.25) is 0 Å². The standard InChI is InChI=1S/C11H11NO2/c13-11-12-10-8-4-2-1-3-7(8)5-6-9(10)14-11/h1-4,9-10H,5-6H2,(H,12,13)/t9-,10+/m1/s1. The fourth-order valence-corrected chi connectivity index (χ4v) is 2.33. The fraction of sp³-hybridized carbons (Fsp3) is 0.364. The monoisotopic (exact) mass is 189 g/mol. The van der Waals surface area contributed by atoms with Crippen LogP contribution < -0.4 is 5.32 Å². The van der Waals surface area contributed by atoms with Gasteiger partial charge in [0.15, 0.2) is 0 Å². The highest BCUT2D eigenvalue weighted by molar-refractivity contribution is 5.71. The lowest BCUT2D eigenvalue weighted by Gasteiger charge is -2.25. The Morgan fingerprint density at radius 3 is 3.14 bits per heavy atom. The van der Waals surface area contributed by atoms with E-state index in [1.165, 1.54) is 11.1 Å². The maximum Gasteiger partial charge on any atom is 0.408 e. The molecular formula is C11H11NO2. The van der Waals surface area contributed by atoms with Gasteiger partial charge in [0.05, 0.1) is 6.04 Å². The third-order valence-corrected chi connectivity index (χ3v) is 2.99. The summed E-state index contributed by atoms with van der Waals surface area (Å²) < 4.78 is 5.17. The highest BCUT2D eigenvalue weighted by Gasteiger charge is 2.38. The molecule has 1 saturated heterocycles. The van der Waals surface area contributed by atoms with E-state index in [0.717, 1.165) is 12.8 Å². The summed E-state index contributed by atoms with van der Waals surface area (Å²) >= 11 is 0. The lowest BCUT2D eigenvalue weighted by atomic mass is 9.86. The number of benzene rings is 1. The minimum Gasteiger partial charge on any atom is -0.444 e. The summed E-state index contributed by atoms with van der Waals surface area (Å²) in [6, 6.07) is 8.31. The number of fused-ring (bicyclic) bond motifs is 3. The van der Waals surface area contributed by atoms with E-state index in [9.17, 15) is 4.79 Å². The largest absolute Gasteiger partial charge is 0.444 e. The quantitative estimate of drug-likeness (QED) is 0.675. The van der Waals surface area contributed by atoms with Gasteiger partial charge < -0.3 is 10.1 Å². The zero-order valence-electron chi connectivity index (χ0n) is 7.69. The van der Waals surface area contributed by atoms with Crippen LogP contribution in [0.15, 0.2) is 24.3 Å². The second-order valence-electron chi connectivity index (χ2n) is 3.80. The molecule has 0 aromatic heterocycles. The van der Waals surface area contributed by atoms with E-state index in [2.05, 4.69) is 17.4 Å². The van der Waals surface area contributed by atoms with Gasteiger partial charge in [-0.1, -0.05) is 24.3 Å². The van der Waals surface area contributed by atoms with Gasteiger partial charge in [-0.15, -0.1) is 0 Å². The number of carbonyl (C=O) groups excluding carboxylic acids is 1. The molecule has 1 N–H and O–H groups in total. The van der Waals surface area contributed by atoms with Crippen LogP contribution >= 0.6 is 0 Å². The SMILES string of the molecule is O=C1N[C@H]2c3ccccc3CC[C@H]2O1. The molecule has 3 heteroatoms. The number of hydrogen-bond acceptors (Lipinski definition) is 2. The van der Waals surface area contributed by atoms with E-state index in [1.54, 1.807) is 0 Å². The third kappa shape index (κ3) is 1.02. The average Bonchev–Trinajstić information content (AvgIpc) is 2.59. The number of ether oxygens (including phenoxy) is 1. The number of aryl methyl sites for hydroxylation is 1. The smallest absolute Gasteiger partial charge is 0.408 e. The van der Waals surface area contributed by atoms with Crippen molar-refractivity contribution in [2.45, 2.75) is 25.0 Å². The second-order valence-corrected chi connectivity index (χ2v) is 3.80. The normalized spacial score (nSPS) is 28.7. The van der Waals surface area contributed by atoms with Gasteiger partial charge >= 0.3 is 6.09 Å². The molecule has 1 aliphatic carbocycles. The molecule has 0 radical (unpaired) electrons. The molecule has 3 nitrogen and oxygen atoms in total. The summed E-state index contributed by atoms with van der Waals surface area (Å²) in [5.41, 5.74) is 2.55. The van der Waals surface area contributed by atoms with Crippen LogP contribution in [0.5, 0.6) is 0 Å².